The molecule has 1 aromatic rings. The van der Waals surface area contributed by atoms with Crippen molar-refractivity contribution in [1.82, 2.24) is 0 Å². The van der Waals surface area contributed by atoms with E-state index in [9.17, 15) is 5.11 Å². The number of aromatic hydroxyl groups is 1. The maximum atomic E-state index is 9.45. The zero-order valence-electron chi connectivity index (χ0n) is 7.01. The number of hydrogen-bond acceptors (Lipinski definition) is 2. The van der Waals surface area contributed by atoms with Gasteiger partial charge in [0.2, 0.25) is 0 Å². The van der Waals surface area contributed by atoms with Crippen LogP contribution < -0.4 is 0 Å². The fourth-order valence-corrected chi connectivity index (χ4v) is 1.85. The number of phenolic OH excluding ortho intramolecular Hbond substituents is 1. The molecule has 60 valence electrons. The van der Waals surface area contributed by atoms with Crippen molar-refractivity contribution >= 4 is 11.8 Å². The van der Waals surface area contributed by atoms with Crippen molar-refractivity contribution in [2.45, 2.75) is 18.7 Å². The van der Waals surface area contributed by atoms with Gasteiger partial charge < -0.3 is 5.11 Å². The van der Waals surface area contributed by atoms with Crippen LogP contribution in [0.4, 0.5) is 0 Å². The molecule has 2 heteroatoms. The van der Waals surface area contributed by atoms with E-state index >= 15 is 0 Å². The molecule has 0 aromatic heterocycles. The molecule has 0 saturated heterocycles. The third kappa shape index (κ3) is 1.69. The number of phenols is 1. The second-order valence-electron chi connectivity index (χ2n) is 2.63. The second kappa shape index (κ2) is 3.18. The highest BCUT2D eigenvalue weighted by molar-refractivity contribution is 7.98. The molecule has 0 aliphatic heterocycles. The van der Waals surface area contributed by atoms with Gasteiger partial charge in [-0.2, -0.15) is 0 Å². The molecule has 0 heterocycles. The summed E-state index contributed by atoms with van der Waals surface area (Å²) in [6.07, 6.45) is 1.97. The number of hydrogen-bond donors (Lipinski definition) is 1. The van der Waals surface area contributed by atoms with Crippen LogP contribution >= 0.6 is 11.8 Å². The van der Waals surface area contributed by atoms with Crippen molar-refractivity contribution in [3.05, 3.63) is 23.3 Å². The molecule has 11 heavy (non-hydrogen) atoms. The molecule has 0 aliphatic carbocycles. The Morgan fingerprint density at radius 3 is 2.36 bits per heavy atom. The van der Waals surface area contributed by atoms with E-state index in [0.29, 0.717) is 5.75 Å². The highest BCUT2D eigenvalue weighted by Crippen LogP contribution is 2.30. The van der Waals surface area contributed by atoms with Crippen molar-refractivity contribution in [2.24, 2.45) is 0 Å². The molecule has 0 amide bonds. The van der Waals surface area contributed by atoms with Crippen LogP contribution in [0.25, 0.3) is 0 Å². The van der Waals surface area contributed by atoms with Gasteiger partial charge >= 0.3 is 0 Å². The minimum Gasteiger partial charge on any atom is -0.507 e. The molecule has 0 atom stereocenters. The topological polar surface area (TPSA) is 20.2 Å². The van der Waals surface area contributed by atoms with Gasteiger partial charge in [0, 0.05) is 0 Å². The van der Waals surface area contributed by atoms with Gasteiger partial charge in [-0.05, 0) is 37.3 Å². The fourth-order valence-electron chi connectivity index (χ4n) is 1.20. The molecule has 0 unspecified atom stereocenters. The van der Waals surface area contributed by atoms with Crippen LogP contribution in [0.5, 0.6) is 5.75 Å². The van der Waals surface area contributed by atoms with Crippen LogP contribution in [0.3, 0.4) is 0 Å². The van der Waals surface area contributed by atoms with Gasteiger partial charge in [0.15, 0.2) is 0 Å². The summed E-state index contributed by atoms with van der Waals surface area (Å²) in [6, 6.07) is 3.87. The maximum absolute atomic E-state index is 9.45. The van der Waals surface area contributed by atoms with Gasteiger partial charge in [-0.1, -0.05) is 6.07 Å². The number of benzene rings is 1. The quantitative estimate of drug-likeness (QED) is 0.651. The lowest BCUT2D eigenvalue weighted by molar-refractivity contribution is 0.461. The Balaban J connectivity index is 3.25. The monoisotopic (exact) mass is 168 g/mol. The van der Waals surface area contributed by atoms with E-state index in [4.69, 9.17) is 0 Å². The van der Waals surface area contributed by atoms with E-state index in [2.05, 4.69) is 6.07 Å². The Kier molecular flexibility index (Phi) is 2.45. The molecule has 0 saturated carbocycles. The summed E-state index contributed by atoms with van der Waals surface area (Å²) in [6.45, 7) is 4.00. The smallest absolute Gasteiger partial charge is 0.129 e. The first-order valence-electron chi connectivity index (χ1n) is 3.49. The van der Waals surface area contributed by atoms with Crippen molar-refractivity contribution in [3.8, 4) is 5.75 Å². The van der Waals surface area contributed by atoms with Gasteiger partial charge in [0.25, 0.3) is 0 Å². The highest BCUT2D eigenvalue weighted by atomic mass is 32.2. The lowest BCUT2D eigenvalue weighted by Crippen LogP contribution is -1.82. The van der Waals surface area contributed by atoms with Crippen molar-refractivity contribution in [1.29, 1.82) is 0 Å². The highest BCUT2D eigenvalue weighted by Gasteiger charge is 2.03. The van der Waals surface area contributed by atoms with Crippen LogP contribution in [-0.4, -0.2) is 11.4 Å². The van der Waals surface area contributed by atoms with Gasteiger partial charge in [0.1, 0.15) is 5.75 Å². The Hall–Kier alpha value is -0.630. The molecule has 0 bridgehead atoms. The van der Waals surface area contributed by atoms with Crippen LogP contribution in [0, 0.1) is 13.8 Å². The first kappa shape index (κ1) is 8.47. The molecule has 1 N–H and O–H groups in total. The summed E-state index contributed by atoms with van der Waals surface area (Å²) in [5.41, 5.74) is 2.26. The van der Waals surface area contributed by atoms with E-state index in [1.165, 1.54) is 0 Å². The van der Waals surface area contributed by atoms with Crippen molar-refractivity contribution in [2.75, 3.05) is 6.26 Å². The summed E-state index contributed by atoms with van der Waals surface area (Å²) in [7, 11) is 0. The average Bonchev–Trinajstić information content (AvgIpc) is 1.85. The van der Waals surface area contributed by atoms with Gasteiger partial charge in [-0.3, -0.25) is 0 Å². The summed E-state index contributed by atoms with van der Waals surface area (Å²) < 4.78 is 0. The molecular formula is C9H12OS. The van der Waals surface area contributed by atoms with Crippen LogP contribution in [-0.2, 0) is 0 Å². The third-order valence-corrected chi connectivity index (χ3v) is 2.54. The first-order valence-corrected chi connectivity index (χ1v) is 4.72. The summed E-state index contributed by atoms with van der Waals surface area (Å²) in [5, 5.41) is 9.45. The predicted octanol–water partition coefficient (Wildman–Crippen LogP) is 2.73. The largest absolute Gasteiger partial charge is 0.507 e. The molecule has 1 nitrogen and oxygen atoms in total. The van der Waals surface area contributed by atoms with E-state index in [-0.39, 0.29) is 0 Å². The van der Waals surface area contributed by atoms with Crippen LogP contribution in [0.2, 0.25) is 0 Å². The molecule has 1 rings (SSSR count). The zero-order valence-corrected chi connectivity index (χ0v) is 7.83. The molecule has 0 spiro atoms. The second-order valence-corrected chi connectivity index (χ2v) is 3.45. The normalized spacial score (nSPS) is 10.1. The summed E-state index contributed by atoms with van der Waals surface area (Å²) >= 11 is 1.58. The van der Waals surface area contributed by atoms with E-state index in [1.807, 2.05) is 20.1 Å². The maximum Gasteiger partial charge on any atom is 0.129 e. The van der Waals surface area contributed by atoms with Gasteiger partial charge in [0.05, 0.1) is 4.90 Å². The minimum absolute atomic E-state index is 0.398. The Bertz CT molecular complexity index is 245. The zero-order chi connectivity index (χ0) is 8.43. The molecule has 0 fully saturated rings. The van der Waals surface area contributed by atoms with Crippen molar-refractivity contribution < 1.29 is 5.11 Å². The van der Waals surface area contributed by atoms with Crippen molar-refractivity contribution in [3.63, 3.8) is 0 Å². The first-order chi connectivity index (χ1) is 5.15. The predicted molar refractivity (Wildman–Crippen MR) is 49.4 cm³/mol. The number of aryl methyl sites for hydroxylation is 2. The summed E-state index contributed by atoms with van der Waals surface area (Å²) in [4.78, 5) is 0.982. The lowest BCUT2D eigenvalue weighted by atomic mass is 10.1. The Morgan fingerprint density at radius 2 is 1.91 bits per heavy atom. The Labute approximate surface area is 71.4 Å². The van der Waals surface area contributed by atoms with E-state index < -0.39 is 0 Å². The van der Waals surface area contributed by atoms with E-state index in [1.54, 1.807) is 17.8 Å². The van der Waals surface area contributed by atoms with Gasteiger partial charge in [-0.25, -0.2) is 0 Å². The standard InChI is InChI=1S/C9H12OS/c1-6-4-7(2)9(11-3)8(10)5-6/h4-5,10H,1-3H3. The number of rotatable bonds is 1. The Morgan fingerprint density at radius 1 is 1.27 bits per heavy atom. The lowest BCUT2D eigenvalue weighted by Gasteiger charge is -2.05. The summed E-state index contributed by atoms with van der Waals surface area (Å²) in [5.74, 6) is 0.398. The van der Waals surface area contributed by atoms with Crippen LogP contribution in [0.1, 0.15) is 11.1 Å². The molecular weight excluding hydrogens is 156 g/mol. The number of thioether (sulfide) groups is 1. The molecule has 0 aliphatic rings. The average molecular weight is 168 g/mol. The third-order valence-electron chi connectivity index (χ3n) is 1.60. The van der Waals surface area contributed by atoms with Gasteiger partial charge in [-0.15, -0.1) is 11.8 Å². The molecule has 0 radical (unpaired) electrons. The molecule has 1 aromatic carbocycles. The van der Waals surface area contributed by atoms with Crippen LogP contribution in [0.15, 0.2) is 17.0 Å². The van der Waals surface area contributed by atoms with E-state index in [0.717, 1.165) is 16.0 Å². The fraction of sp³-hybridized carbons (Fsp3) is 0.333. The minimum atomic E-state index is 0.398. The SMILES string of the molecule is CSc1c(C)cc(C)cc1O.